The fourth-order valence-electron chi connectivity index (χ4n) is 4.11. The second kappa shape index (κ2) is 8.48. The maximum atomic E-state index is 13.2. The molecule has 4 aromatic rings. The summed E-state index contributed by atoms with van der Waals surface area (Å²) in [5.41, 5.74) is 2.05. The highest BCUT2D eigenvalue weighted by Crippen LogP contribution is 2.45. The number of rotatable bonds is 4. The second-order valence-corrected chi connectivity index (χ2v) is 8.39. The van der Waals surface area contributed by atoms with Crippen LogP contribution in [0.25, 0.3) is 22.4 Å². The Kier molecular flexibility index (Phi) is 5.61. The average molecular weight is 489 g/mol. The van der Waals surface area contributed by atoms with Gasteiger partial charge in [0.2, 0.25) is 0 Å². The van der Waals surface area contributed by atoms with Gasteiger partial charge in [-0.05, 0) is 48.9 Å². The third-order valence-electron chi connectivity index (χ3n) is 5.71. The van der Waals surface area contributed by atoms with Crippen molar-refractivity contribution in [2.24, 2.45) is 0 Å². The highest BCUT2D eigenvalue weighted by atomic mass is 35.5. The van der Waals surface area contributed by atoms with Crippen LogP contribution in [0.5, 0.6) is 5.75 Å². The third-order valence-corrected chi connectivity index (χ3v) is 6.05. The number of pyridine rings is 1. The quantitative estimate of drug-likeness (QED) is 0.354. The minimum absolute atomic E-state index is 0.132. The number of ether oxygens (including phenoxy) is 2. The summed E-state index contributed by atoms with van der Waals surface area (Å²) in [4.78, 5) is 11.1. The molecule has 1 atom stereocenters. The molecule has 2 aromatic heterocycles. The van der Waals surface area contributed by atoms with E-state index in [2.05, 4.69) is 9.97 Å². The maximum Gasteiger partial charge on any atom is 0.416 e. The van der Waals surface area contributed by atoms with E-state index in [0.717, 1.165) is 33.3 Å². The highest BCUT2D eigenvalue weighted by molar-refractivity contribution is 6.20. The smallest absolute Gasteiger partial charge is 0.416 e. The molecular formula is C24H20ClF3N4O2. The van der Waals surface area contributed by atoms with Crippen molar-refractivity contribution in [2.75, 3.05) is 25.2 Å². The zero-order valence-electron chi connectivity index (χ0n) is 18.3. The summed E-state index contributed by atoms with van der Waals surface area (Å²) in [6.07, 6.45) is -2.70. The van der Waals surface area contributed by atoms with Crippen molar-refractivity contribution < 1.29 is 22.6 Å². The third kappa shape index (κ3) is 3.84. The van der Waals surface area contributed by atoms with Gasteiger partial charge in [0.25, 0.3) is 0 Å². The summed E-state index contributed by atoms with van der Waals surface area (Å²) in [5.74, 6) is 1.53. The van der Waals surface area contributed by atoms with E-state index >= 15 is 0 Å². The summed E-state index contributed by atoms with van der Waals surface area (Å²) in [6, 6.07) is 12.6. The molecule has 3 heterocycles. The van der Waals surface area contributed by atoms with Crippen LogP contribution in [0, 0.1) is 6.92 Å². The number of anilines is 2. The number of imidazole rings is 1. The van der Waals surface area contributed by atoms with Crippen LogP contribution in [0.4, 0.5) is 24.7 Å². The zero-order valence-corrected chi connectivity index (χ0v) is 19.1. The van der Waals surface area contributed by atoms with Gasteiger partial charge in [-0.1, -0.05) is 12.1 Å². The zero-order chi connectivity index (χ0) is 24.0. The van der Waals surface area contributed by atoms with Crippen molar-refractivity contribution in [1.82, 2.24) is 14.1 Å². The lowest BCUT2D eigenvalue weighted by molar-refractivity contribution is -0.137. The van der Waals surface area contributed by atoms with E-state index < -0.39 is 11.7 Å². The monoisotopic (exact) mass is 488 g/mol. The molecule has 1 aliphatic rings. The number of halogens is 4. The topological polar surface area (TPSA) is 52.4 Å². The van der Waals surface area contributed by atoms with Gasteiger partial charge in [0, 0.05) is 25.1 Å². The number of hydrogen-bond acceptors (Lipinski definition) is 5. The Hall–Kier alpha value is -3.30. The molecule has 5 rings (SSSR count). The van der Waals surface area contributed by atoms with Crippen LogP contribution in [0.3, 0.4) is 0 Å². The average Bonchev–Trinajstić information content (AvgIpc) is 3.14. The molecular weight excluding hydrogens is 469 g/mol. The molecule has 0 fully saturated rings. The van der Waals surface area contributed by atoms with Crippen LogP contribution in [0.1, 0.15) is 11.1 Å². The molecule has 2 aromatic carbocycles. The molecule has 0 saturated heterocycles. The van der Waals surface area contributed by atoms with Gasteiger partial charge in [-0.25, -0.2) is 14.1 Å². The largest absolute Gasteiger partial charge is 0.488 e. The lowest BCUT2D eigenvalue weighted by Gasteiger charge is -2.38. The molecule has 1 aliphatic heterocycles. The molecule has 0 saturated carbocycles. The lowest BCUT2D eigenvalue weighted by atomic mass is 10.1. The Morgan fingerprint density at radius 3 is 2.71 bits per heavy atom. The molecule has 0 amide bonds. The number of benzene rings is 2. The Bertz CT molecular complexity index is 1360. The number of methoxy groups -OCH3 is 1. The first-order valence-corrected chi connectivity index (χ1v) is 10.8. The maximum absolute atomic E-state index is 13.2. The van der Waals surface area contributed by atoms with Crippen LogP contribution in [-0.4, -0.2) is 40.4 Å². The van der Waals surface area contributed by atoms with E-state index in [1.54, 1.807) is 19.4 Å². The van der Waals surface area contributed by atoms with Crippen LogP contribution >= 0.6 is 11.8 Å². The first-order chi connectivity index (χ1) is 16.3. The Balaban J connectivity index is 1.65. The molecule has 0 aliphatic carbocycles. The molecule has 10 heteroatoms. The minimum Gasteiger partial charge on any atom is -0.488 e. The SMILES string of the molecule is COC[C@H]1COc2c(-c3nc4ccc(C(F)(F)F)cc4n3Cl)cccc2N1c1ccc(C)cn1. The normalized spacial score (nSPS) is 15.9. The van der Waals surface area contributed by atoms with Crippen LogP contribution in [-0.2, 0) is 10.9 Å². The van der Waals surface area contributed by atoms with Crippen LogP contribution in [0.2, 0.25) is 0 Å². The van der Waals surface area contributed by atoms with Crippen LogP contribution in [0.15, 0.2) is 54.7 Å². The highest BCUT2D eigenvalue weighted by Gasteiger charge is 2.34. The first kappa shape index (κ1) is 22.5. The Morgan fingerprint density at radius 2 is 2.00 bits per heavy atom. The van der Waals surface area contributed by atoms with E-state index in [1.165, 1.54) is 6.07 Å². The number of fused-ring (bicyclic) bond motifs is 2. The van der Waals surface area contributed by atoms with Gasteiger partial charge < -0.3 is 14.4 Å². The molecule has 0 bridgehead atoms. The number of para-hydroxylation sites is 1. The van der Waals surface area contributed by atoms with Crippen molar-refractivity contribution in [3.8, 4) is 17.1 Å². The number of alkyl halides is 3. The fourth-order valence-corrected chi connectivity index (χ4v) is 4.37. The summed E-state index contributed by atoms with van der Waals surface area (Å²) >= 11 is 6.49. The van der Waals surface area contributed by atoms with Gasteiger partial charge in [-0.2, -0.15) is 13.2 Å². The van der Waals surface area contributed by atoms with Crippen molar-refractivity contribution in [3.05, 3.63) is 65.9 Å². The minimum atomic E-state index is -4.48. The van der Waals surface area contributed by atoms with E-state index in [1.807, 2.05) is 36.1 Å². The van der Waals surface area contributed by atoms with Crippen molar-refractivity contribution >= 4 is 34.3 Å². The molecule has 176 valence electrons. The molecule has 0 unspecified atom stereocenters. The Labute approximate surface area is 198 Å². The number of aromatic nitrogens is 3. The number of aryl methyl sites for hydroxylation is 1. The lowest BCUT2D eigenvalue weighted by Crippen LogP contribution is -2.43. The van der Waals surface area contributed by atoms with Crippen molar-refractivity contribution in [1.29, 1.82) is 0 Å². The predicted molar refractivity (Wildman–Crippen MR) is 124 cm³/mol. The summed E-state index contributed by atoms with van der Waals surface area (Å²) < 4.78 is 52.3. The van der Waals surface area contributed by atoms with Gasteiger partial charge in [-0.15, -0.1) is 0 Å². The summed E-state index contributed by atoms with van der Waals surface area (Å²) in [6.45, 7) is 2.69. The summed E-state index contributed by atoms with van der Waals surface area (Å²) in [7, 11) is 1.62. The first-order valence-electron chi connectivity index (χ1n) is 10.5. The van der Waals surface area contributed by atoms with E-state index in [4.69, 9.17) is 21.3 Å². The van der Waals surface area contributed by atoms with E-state index in [-0.39, 0.29) is 17.4 Å². The Morgan fingerprint density at radius 1 is 1.18 bits per heavy atom. The van der Waals surface area contributed by atoms with Gasteiger partial charge in [0.05, 0.1) is 40.5 Å². The van der Waals surface area contributed by atoms with E-state index in [0.29, 0.717) is 30.0 Å². The van der Waals surface area contributed by atoms with Gasteiger partial charge in [0.15, 0.2) is 11.6 Å². The van der Waals surface area contributed by atoms with E-state index in [9.17, 15) is 13.2 Å². The molecule has 6 nitrogen and oxygen atoms in total. The number of nitrogens with zero attached hydrogens (tertiary/aromatic N) is 4. The predicted octanol–water partition coefficient (Wildman–Crippen LogP) is 5.97. The van der Waals surface area contributed by atoms with Crippen molar-refractivity contribution in [3.63, 3.8) is 0 Å². The van der Waals surface area contributed by atoms with Gasteiger partial charge in [0.1, 0.15) is 12.4 Å². The molecule has 0 N–H and O–H groups in total. The number of hydrogen-bond donors (Lipinski definition) is 0. The van der Waals surface area contributed by atoms with Crippen LogP contribution < -0.4 is 9.64 Å². The fraction of sp³-hybridized carbons (Fsp3) is 0.250. The molecule has 0 radical (unpaired) electrons. The molecule has 34 heavy (non-hydrogen) atoms. The standard InChI is InChI=1S/C24H20ClF3N4O2/c1-14-6-9-21(29-11-14)31-16(12-33-2)13-34-22-17(4-3-5-19(22)31)23-30-18-8-7-15(24(26,27)28)10-20(18)32(23)25/h3-11,16H,12-13H2,1-2H3/t16-/m0/s1. The van der Waals surface area contributed by atoms with Crippen molar-refractivity contribution in [2.45, 2.75) is 19.1 Å². The molecule has 0 spiro atoms. The second-order valence-electron chi connectivity index (χ2n) is 8.06. The van der Waals surface area contributed by atoms with Gasteiger partial charge in [-0.3, -0.25) is 0 Å². The van der Waals surface area contributed by atoms with Gasteiger partial charge >= 0.3 is 6.18 Å². The summed E-state index contributed by atoms with van der Waals surface area (Å²) in [5, 5.41) is 0.